The highest BCUT2D eigenvalue weighted by Crippen LogP contribution is 2.23. The van der Waals surface area contributed by atoms with Gasteiger partial charge in [-0.3, -0.25) is 0 Å². The number of aromatic nitrogens is 4. The minimum atomic E-state index is 0.543. The summed E-state index contributed by atoms with van der Waals surface area (Å²) in [5, 5.41) is 6.59. The van der Waals surface area contributed by atoms with Crippen molar-refractivity contribution in [2.75, 3.05) is 37.8 Å². The molecule has 0 amide bonds. The lowest BCUT2D eigenvalue weighted by Crippen LogP contribution is -2.21. The molecule has 2 aromatic heterocycles. The van der Waals surface area contributed by atoms with E-state index in [1.54, 1.807) is 12.4 Å². The number of hydrogen-bond donors (Lipinski definition) is 2. The van der Waals surface area contributed by atoms with Crippen molar-refractivity contribution in [1.82, 2.24) is 24.8 Å². The lowest BCUT2D eigenvalue weighted by atomic mass is 10.1. The zero-order valence-electron chi connectivity index (χ0n) is 15.0. The van der Waals surface area contributed by atoms with E-state index in [0.717, 1.165) is 18.8 Å². The Labute approximate surface area is 147 Å². The van der Waals surface area contributed by atoms with Gasteiger partial charge in [0, 0.05) is 31.2 Å². The normalized spacial score (nSPS) is 11.1. The summed E-state index contributed by atoms with van der Waals surface area (Å²) in [4.78, 5) is 19.8. The van der Waals surface area contributed by atoms with E-state index in [-0.39, 0.29) is 0 Å². The van der Waals surface area contributed by atoms with Gasteiger partial charge in [0.15, 0.2) is 17.0 Å². The first-order valence-electron chi connectivity index (χ1n) is 8.24. The van der Waals surface area contributed by atoms with Crippen molar-refractivity contribution in [1.29, 1.82) is 0 Å². The van der Waals surface area contributed by atoms with E-state index >= 15 is 0 Å². The SMILES string of the molecule is Cc1ccc(Nc2nc(NCCN(C)C)nc3nccnc23)cc1C. The number of hydrogen-bond acceptors (Lipinski definition) is 7. The molecule has 0 radical (unpaired) electrons. The third kappa shape index (κ3) is 4.19. The van der Waals surface area contributed by atoms with Gasteiger partial charge in [-0.15, -0.1) is 0 Å². The number of fused-ring (bicyclic) bond motifs is 1. The van der Waals surface area contributed by atoms with Crippen LogP contribution in [0.4, 0.5) is 17.5 Å². The van der Waals surface area contributed by atoms with Gasteiger partial charge in [-0.25, -0.2) is 9.97 Å². The van der Waals surface area contributed by atoms with Crippen molar-refractivity contribution in [3.8, 4) is 0 Å². The Morgan fingerprint density at radius 1 is 1.00 bits per heavy atom. The van der Waals surface area contributed by atoms with Crippen LogP contribution in [0.15, 0.2) is 30.6 Å². The molecule has 2 heterocycles. The molecule has 130 valence electrons. The highest BCUT2D eigenvalue weighted by molar-refractivity contribution is 5.85. The number of rotatable bonds is 6. The van der Waals surface area contributed by atoms with Crippen LogP contribution in [0.5, 0.6) is 0 Å². The standard InChI is InChI=1S/C18H23N7/c1-12-5-6-14(11-13(12)2)22-17-15-16(20-8-7-19-15)23-18(24-17)21-9-10-25(3)4/h5-8,11H,9-10H2,1-4H3,(H2,20,21,22,23,24). The molecule has 3 aromatic rings. The Balaban J connectivity index is 1.92. The summed E-state index contributed by atoms with van der Waals surface area (Å²) >= 11 is 0. The number of aryl methyl sites for hydroxylation is 2. The molecule has 3 rings (SSSR count). The molecule has 0 spiro atoms. The molecule has 0 atom stereocenters. The number of nitrogens with one attached hydrogen (secondary N) is 2. The zero-order valence-corrected chi connectivity index (χ0v) is 15.0. The summed E-state index contributed by atoms with van der Waals surface area (Å²) in [5.74, 6) is 1.19. The molecule has 1 aromatic carbocycles. The van der Waals surface area contributed by atoms with Crippen molar-refractivity contribution < 1.29 is 0 Å². The van der Waals surface area contributed by atoms with Gasteiger partial charge >= 0.3 is 0 Å². The number of benzene rings is 1. The highest BCUT2D eigenvalue weighted by atomic mass is 15.2. The summed E-state index contributed by atoms with van der Waals surface area (Å²) in [7, 11) is 4.06. The van der Waals surface area contributed by atoms with E-state index in [4.69, 9.17) is 0 Å². The summed E-state index contributed by atoms with van der Waals surface area (Å²) in [6, 6.07) is 6.22. The number of nitrogens with zero attached hydrogens (tertiary/aromatic N) is 5. The maximum atomic E-state index is 4.59. The molecule has 7 heteroatoms. The summed E-state index contributed by atoms with van der Waals surface area (Å²) in [6.45, 7) is 5.83. The van der Waals surface area contributed by atoms with Crippen molar-refractivity contribution in [3.63, 3.8) is 0 Å². The van der Waals surface area contributed by atoms with Crippen LogP contribution in [-0.4, -0.2) is 52.0 Å². The van der Waals surface area contributed by atoms with E-state index in [9.17, 15) is 0 Å². The Hall–Kier alpha value is -2.80. The van der Waals surface area contributed by atoms with E-state index in [1.165, 1.54) is 11.1 Å². The molecule has 0 fully saturated rings. The summed E-state index contributed by atoms with van der Waals surface area (Å²) in [6.07, 6.45) is 3.29. The van der Waals surface area contributed by atoms with Crippen molar-refractivity contribution in [3.05, 3.63) is 41.7 Å². The first-order valence-corrected chi connectivity index (χ1v) is 8.24. The molecule has 0 aliphatic heterocycles. The average molecular weight is 337 g/mol. The zero-order chi connectivity index (χ0) is 17.8. The third-order valence-electron chi connectivity index (χ3n) is 3.94. The van der Waals surface area contributed by atoms with Crippen LogP contribution in [0.25, 0.3) is 11.2 Å². The second-order valence-corrected chi connectivity index (χ2v) is 6.28. The molecule has 0 aliphatic carbocycles. The van der Waals surface area contributed by atoms with Crippen LogP contribution < -0.4 is 10.6 Å². The Kier molecular flexibility index (Phi) is 5.04. The van der Waals surface area contributed by atoms with E-state index < -0.39 is 0 Å². The number of likely N-dealkylation sites (N-methyl/N-ethyl adjacent to an activating group) is 1. The highest BCUT2D eigenvalue weighted by Gasteiger charge is 2.10. The van der Waals surface area contributed by atoms with Crippen LogP contribution in [0.2, 0.25) is 0 Å². The van der Waals surface area contributed by atoms with Crippen LogP contribution in [0, 0.1) is 13.8 Å². The molecule has 2 N–H and O–H groups in total. The fourth-order valence-corrected chi connectivity index (χ4v) is 2.38. The van der Waals surface area contributed by atoms with Gasteiger partial charge in [-0.1, -0.05) is 6.07 Å². The summed E-state index contributed by atoms with van der Waals surface area (Å²) in [5.41, 5.74) is 4.66. The first-order chi connectivity index (χ1) is 12.0. The maximum Gasteiger partial charge on any atom is 0.226 e. The topological polar surface area (TPSA) is 78.9 Å². The average Bonchev–Trinajstić information content (AvgIpc) is 2.58. The fourth-order valence-electron chi connectivity index (χ4n) is 2.38. The molecule has 0 unspecified atom stereocenters. The minimum Gasteiger partial charge on any atom is -0.353 e. The predicted molar refractivity (Wildman–Crippen MR) is 101 cm³/mol. The molecular weight excluding hydrogens is 314 g/mol. The van der Waals surface area contributed by atoms with E-state index in [0.29, 0.717) is 22.9 Å². The first kappa shape index (κ1) is 17.0. The monoisotopic (exact) mass is 337 g/mol. The quantitative estimate of drug-likeness (QED) is 0.716. The molecule has 25 heavy (non-hydrogen) atoms. The van der Waals surface area contributed by atoms with Crippen LogP contribution >= 0.6 is 0 Å². The van der Waals surface area contributed by atoms with Crippen molar-refractivity contribution in [2.24, 2.45) is 0 Å². The van der Waals surface area contributed by atoms with Crippen LogP contribution in [0.3, 0.4) is 0 Å². The summed E-state index contributed by atoms with van der Waals surface area (Å²) < 4.78 is 0. The van der Waals surface area contributed by atoms with Crippen molar-refractivity contribution in [2.45, 2.75) is 13.8 Å². The van der Waals surface area contributed by atoms with Gasteiger partial charge in [-0.05, 0) is 51.2 Å². The maximum absolute atomic E-state index is 4.59. The fraction of sp³-hybridized carbons (Fsp3) is 0.333. The molecule has 7 nitrogen and oxygen atoms in total. The molecule has 0 aliphatic rings. The van der Waals surface area contributed by atoms with Gasteiger partial charge in [0.1, 0.15) is 0 Å². The van der Waals surface area contributed by atoms with E-state index in [1.807, 2.05) is 20.2 Å². The lowest BCUT2D eigenvalue weighted by molar-refractivity contribution is 0.425. The van der Waals surface area contributed by atoms with Gasteiger partial charge in [0.05, 0.1) is 0 Å². The Morgan fingerprint density at radius 3 is 2.56 bits per heavy atom. The van der Waals surface area contributed by atoms with Gasteiger partial charge in [-0.2, -0.15) is 9.97 Å². The molecule has 0 bridgehead atoms. The number of anilines is 3. The second kappa shape index (κ2) is 7.40. The Bertz CT molecular complexity index is 876. The minimum absolute atomic E-state index is 0.543. The smallest absolute Gasteiger partial charge is 0.226 e. The van der Waals surface area contributed by atoms with Gasteiger partial charge in [0.25, 0.3) is 0 Å². The van der Waals surface area contributed by atoms with Crippen molar-refractivity contribution >= 4 is 28.6 Å². The van der Waals surface area contributed by atoms with E-state index in [2.05, 4.69) is 61.4 Å². The van der Waals surface area contributed by atoms with Gasteiger partial charge < -0.3 is 15.5 Å². The third-order valence-corrected chi connectivity index (χ3v) is 3.94. The lowest BCUT2D eigenvalue weighted by Gasteiger charge is -2.13. The predicted octanol–water partition coefficient (Wildman–Crippen LogP) is 2.75. The van der Waals surface area contributed by atoms with Crippen LogP contribution in [0.1, 0.15) is 11.1 Å². The molecular formula is C18H23N7. The second-order valence-electron chi connectivity index (χ2n) is 6.28. The molecule has 0 saturated carbocycles. The largest absolute Gasteiger partial charge is 0.353 e. The van der Waals surface area contributed by atoms with Crippen LogP contribution in [-0.2, 0) is 0 Å². The van der Waals surface area contributed by atoms with Gasteiger partial charge in [0.2, 0.25) is 5.95 Å². The Morgan fingerprint density at radius 2 is 1.80 bits per heavy atom. The molecule has 0 saturated heterocycles.